The van der Waals surface area contributed by atoms with Gasteiger partial charge < -0.3 is 14.2 Å². The molecule has 28 heavy (non-hydrogen) atoms. The predicted molar refractivity (Wildman–Crippen MR) is 104 cm³/mol. The smallest absolute Gasteiger partial charge is 0.222 e. The first-order valence-electron chi connectivity index (χ1n) is 9.45. The van der Waals surface area contributed by atoms with Crippen LogP contribution in [0.1, 0.15) is 29.2 Å². The van der Waals surface area contributed by atoms with Crippen LogP contribution in [0, 0.1) is 25.5 Å². The highest BCUT2D eigenvalue weighted by atomic mass is 19.1. The molecule has 6 heteroatoms. The van der Waals surface area contributed by atoms with Crippen LogP contribution in [-0.4, -0.2) is 38.4 Å². The molecule has 0 bridgehead atoms. The van der Waals surface area contributed by atoms with Gasteiger partial charge in [0.1, 0.15) is 42.2 Å². The summed E-state index contributed by atoms with van der Waals surface area (Å²) >= 11 is 0. The minimum atomic E-state index is -0.686. The molecule has 0 aromatic heterocycles. The quantitative estimate of drug-likeness (QED) is 0.629. The maximum absolute atomic E-state index is 13.9. The SMILES string of the molecule is CCOCCc1ccc(OCC2COC(c3c(F)cccc3F)=N2)c(C)c1C. The average molecular weight is 389 g/mol. The summed E-state index contributed by atoms with van der Waals surface area (Å²) in [6.45, 7) is 7.98. The number of ether oxygens (including phenoxy) is 3. The van der Waals surface area contributed by atoms with Crippen LogP contribution in [0.25, 0.3) is 0 Å². The van der Waals surface area contributed by atoms with Crippen molar-refractivity contribution in [3.8, 4) is 5.75 Å². The molecule has 0 aliphatic carbocycles. The molecule has 0 N–H and O–H groups in total. The third-order valence-corrected chi connectivity index (χ3v) is 4.89. The number of hydrogen-bond donors (Lipinski definition) is 0. The van der Waals surface area contributed by atoms with Crippen LogP contribution >= 0.6 is 0 Å². The van der Waals surface area contributed by atoms with E-state index in [0.29, 0.717) is 13.2 Å². The molecule has 0 spiro atoms. The topological polar surface area (TPSA) is 40.0 Å². The monoisotopic (exact) mass is 389 g/mol. The van der Waals surface area contributed by atoms with Crippen LogP contribution in [0.2, 0.25) is 0 Å². The molecule has 0 fully saturated rings. The molecule has 2 aromatic carbocycles. The molecular formula is C22H25F2NO3. The predicted octanol–water partition coefficient (Wildman–Crippen LogP) is 4.39. The number of aliphatic imine (C=N–C) groups is 1. The van der Waals surface area contributed by atoms with Gasteiger partial charge in [-0.15, -0.1) is 0 Å². The van der Waals surface area contributed by atoms with Crippen molar-refractivity contribution in [1.29, 1.82) is 0 Å². The lowest BCUT2D eigenvalue weighted by Gasteiger charge is -2.15. The van der Waals surface area contributed by atoms with Crippen LogP contribution in [-0.2, 0) is 15.9 Å². The third-order valence-electron chi connectivity index (χ3n) is 4.89. The van der Waals surface area contributed by atoms with Crippen LogP contribution in [0.4, 0.5) is 8.78 Å². The Morgan fingerprint density at radius 2 is 1.86 bits per heavy atom. The van der Waals surface area contributed by atoms with E-state index in [1.807, 2.05) is 26.0 Å². The number of benzene rings is 2. The van der Waals surface area contributed by atoms with Crippen molar-refractivity contribution in [3.63, 3.8) is 0 Å². The first kappa shape index (κ1) is 20.3. The van der Waals surface area contributed by atoms with Crippen molar-refractivity contribution >= 4 is 5.90 Å². The maximum Gasteiger partial charge on any atom is 0.222 e. The zero-order valence-electron chi connectivity index (χ0n) is 16.4. The van der Waals surface area contributed by atoms with Crippen molar-refractivity contribution < 1.29 is 23.0 Å². The summed E-state index contributed by atoms with van der Waals surface area (Å²) in [7, 11) is 0. The third kappa shape index (κ3) is 4.50. The first-order valence-corrected chi connectivity index (χ1v) is 9.45. The van der Waals surface area contributed by atoms with Gasteiger partial charge in [0, 0.05) is 6.61 Å². The Hall–Kier alpha value is -2.47. The molecule has 1 heterocycles. The fraction of sp³-hybridized carbons (Fsp3) is 0.409. The van der Waals surface area contributed by atoms with E-state index in [1.165, 1.54) is 29.3 Å². The van der Waals surface area contributed by atoms with Gasteiger partial charge in [0.25, 0.3) is 0 Å². The van der Waals surface area contributed by atoms with E-state index < -0.39 is 11.6 Å². The molecule has 2 aromatic rings. The Morgan fingerprint density at radius 1 is 1.11 bits per heavy atom. The lowest BCUT2D eigenvalue weighted by molar-refractivity contribution is 0.151. The molecule has 3 rings (SSSR count). The highest BCUT2D eigenvalue weighted by molar-refractivity contribution is 5.95. The lowest BCUT2D eigenvalue weighted by Crippen LogP contribution is -2.17. The molecule has 0 saturated carbocycles. The fourth-order valence-electron chi connectivity index (χ4n) is 3.13. The Morgan fingerprint density at radius 3 is 2.57 bits per heavy atom. The summed E-state index contributed by atoms with van der Waals surface area (Å²) in [6, 6.07) is 7.37. The molecule has 1 aliphatic rings. The number of rotatable bonds is 8. The molecule has 1 unspecified atom stereocenters. The van der Waals surface area contributed by atoms with Gasteiger partial charge in [-0.3, -0.25) is 0 Å². The van der Waals surface area contributed by atoms with Crippen molar-refractivity contribution in [3.05, 3.63) is 64.2 Å². The van der Waals surface area contributed by atoms with E-state index in [-0.39, 0.29) is 30.7 Å². The van der Waals surface area contributed by atoms with Gasteiger partial charge in [-0.2, -0.15) is 0 Å². The maximum atomic E-state index is 13.9. The van der Waals surface area contributed by atoms with Gasteiger partial charge in [0.15, 0.2) is 0 Å². The van der Waals surface area contributed by atoms with E-state index >= 15 is 0 Å². The first-order chi connectivity index (χ1) is 13.5. The summed E-state index contributed by atoms with van der Waals surface area (Å²) in [5.41, 5.74) is 3.25. The van der Waals surface area contributed by atoms with Crippen LogP contribution in [0.3, 0.4) is 0 Å². The lowest BCUT2D eigenvalue weighted by atomic mass is 10.0. The molecule has 0 saturated heterocycles. The summed E-state index contributed by atoms with van der Waals surface area (Å²) in [6.07, 6.45) is 0.860. The Balaban J connectivity index is 1.65. The number of halogens is 2. The highest BCUT2D eigenvalue weighted by Gasteiger charge is 2.25. The number of nitrogens with zero attached hydrogens (tertiary/aromatic N) is 1. The molecule has 4 nitrogen and oxygen atoms in total. The van der Waals surface area contributed by atoms with Crippen molar-refractivity contribution in [2.24, 2.45) is 4.99 Å². The summed E-state index contributed by atoms with van der Waals surface area (Å²) in [5.74, 6) is -0.606. The molecule has 150 valence electrons. The Kier molecular flexibility index (Phi) is 6.62. The van der Waals surface area contributed by atoms with Gasteiger partial charge in [-0.25, -0.2) is 13.8 Å². The Labute approximate surface area is 164 Å². The Bertz CT molecular complexity index is 847. The van der Waals surface area contributed by atoms with Crippen molar-refractivity contribution in [2.75, 3.05) is 26.4 Å². The molecular weight excluding hydrogens is 364 g/mol. The summed E-state index contributed by atoms with van der Waals surface area (Å²) in [4.78, 5) is 4.29. The molecule has 0 radical (unpaired) electrons. The van der Waals surface area contributed by atoms with Crippen LogP contribution < -0.4 is 4.74 Å². The molecule has 1 atom stereocenters. The van der Waals surface area contributed by atoms with Gasteiger partial charge in [-0.1, -0.05) is 12.1 Å². The zero-order chi connectivity index (χ0) is 20.1. The zero-order valence-corrected chi connectivity index (χ0v) is 16.4. The molecule has 0 amide bonds. The normalized spacial score (nSPS) is 16.0. The standard InChI is InChI=1S/C22H25F2NO3/c1-4-26-11-10-16-8-9-20(15(3)14(16)2)27-12-17-13-28-22(25-17)21-18(23)6-5-7-19(21)24/h5-9,17H,4,10-13H2,1-3H3. The largest absolute Gasteiger partial charge is 0.491 e. The molecule has 1 aliphatic heterocycles. The van der Waals surface area contributed by atoms with E-state index in [1.54, 1.807) is 0 Å². The van der Waals surface area contributed by atoms with E-state index in [4.69, 9.17) is 14.2 Å². The second-order valence-electron chi connectivity index (χ2n) is 6.73. The van der Waals surface area contributed by atoms with E-state index in [9.17, 15) is 8.78 Å². The van der Waals surface area contributed by atoms with Crippen molar-refractivity contribution in [1.82, 2.24) is 0 Å². The minimum Gasteiger partial charge on any atom is -0.491 e. The average Bonchev–Trinajstić information content (AvgIpc) is 3.13. The highest BCUT2D eigenvalue weighted by Crippen LogP contribution is 2.26. The van der Waals surface area contributed by atoms with Gasteiger partial charge >= 0.3 is 0 Å². The van der Waals surface area contributed by atoms with Crippen LogP contribution in [0.5, 0.6) is 5.75 Å². The van der Waals surface area contributed by atoms with Crippen LogP contribution in [0.15, 0.2) is 35.3 Å². The second kappa shape index (κ2) is 9.15. The van der Waals surface area contributed by atoms with Gasteiger partial charge in [0.2, 0.25) is 5.90 Å². The minimum absolute atomic E-state index is 0.0108. The number of hydrogen-bond acceptors (Lipinski definition) is 4. The van der Waals surface area contributed by atoms with E-state index in [2.05, 4.69) is 11.9 Å². The van der Waals surface area contributed by atoms with Gasteiger partial charge in [0.05, 0.1) is 6.61 Å². The second-order valence-corrected chi connectivity index (χ2v) is 6.73. The van der Waals surface area contributed by atoms with Crippen molar-refractivity contribution in [2.45, 2.75) is 33.2 Å². The van der Waals surface area contributed by atoms with Gasteiger partial charge in [-0.05, 0) is 62.1 Å². The fourth-order valence-corrected chi connectivity index (χ4v) is 3.13. The van der Waals surface area contributed by atoms with E-state index in [0.717, 1.165) is 17.7 Å². The summed E-state index contributed by atoms with van der Waals surface area (Å²) < 4.78 is 44.5. The summed E-state index contributed by atoms with van der Waals surface area (Å²) in [5, 5.41) is 0.